The summed E-state index contributed by atoms with van der Waals surface area (Å²) >= 11 is 0. The normalized spacial score (nSPS) is 12.8. The van der Waals surface area contributed by atoms with Crippen LogP contribution in [0.25, 0.3) is 6.08 Å². The third-order valence-electron chi connectivity index (χ3n) is 4.23. The summed E-state index contributed by atoms with van der Waals surface area (Å²) in [5, 5.41) is 0. The number of allylic oxidation sites excluding steroid dienone is 1. The van der Waals surface area contributed by atoms with Crippen LogP contribution in [-0.2, 0) is 0 Å². The predicted molar refractivity (Wildman–Crippen MR) is 102 cm³/mol. The topological polar surface area (TPSA) is 74.0 Å². The molecule has 1 aliphatic heterocycles. The van der Waals surface area contributed by atoms with E-state index in [9.17, 15) is 4.79 Å². The summed E-state index contributed by atoms with van der Waals surface area (Å²) in [7, 11) is 5.36. The van der Waals surface area contributed by atoms with Crippen molar-refractivity contribution in [2.75, 3.05) is 38.6 Å². The number of Topliss-reactive ketones (excluding diaryl/α,β-unsaturated/α-hetero) is 1. The van der Waals surface area contributed by atoms with Crippen molar-refractivity contribution in [3.05, 3.63) is 47.0 Å². The number of anilines is 2. The number of methoxy groups -OCH3 is 1. The minimum absolute atomic E-state index is 0.0761. The second-order valence-electron chi connectivity index (χ2n) is 6.27. The van der Waals surface area contributed by atoms with E-state index in [1.54, 1.807) is 44.4 Å². The average Bonchev–Trinajstić information content (AvgIpc) is 3.07. The molecule has 6 nitrogen and oxygen atoms in total. The highest BCUT2D eigenvalue weighted by atomic mass is 16.7. The van der Waals surface area contributed by atoms with Gasteiger partial charge in [0.2, 0.25) is 6.79 Å². The summed E-state index contributed by atoms with van der Waals surface area (Å²) in [6, 6.07) is 8.85. The molecule has 0 aromatic heterocycles. The summed E-state index contributed by atoms with van der Waals surface area (Å²) in [5.41, 5.74) is 9.33. The maximum Gasteiger partial charge on any atom is 0.231 e. The van der Waals surface area contributed by atoms with Crippen LogP contribution in [-0.4, -0.2) is 33.8 Å². The third kappa shape index (κ3) is 3.31. The van der Waals surface area contributed by atoms with Gasteiger partial charge in [-0.05, 0) is 42.8 Å². The van der Waals surface area contributed by atoms with Gasteiger partial charge < -0.3 is 24.8 Å². The SMILES string of the molecule is COc1cc2c(cc1/C=C(\C)C(=O)c1ccc(N)c(N(C)C)c1)OCO2. The summed E-state index contributed by atoms with van der Waals surface area (Å²) < 4.78 is 16.2. The van der Waals surface area contributed by atoms with Crippen molar-refractivity contribution in [2.24, 2.45) is 0 Å². The first kappa shape index (κ1) is 17.7. The number of hydrogen-bond donors (Lipinski definition) is 1. The van der Waals surface area contributed by atoms with Gasteiger partial charge in [-0.3, -0.25) is 4.79 Å². The van der Waals surface area contributed by atoms with Crippen LogP contribution in [0.3, 0.4) is 0 Å². The monoisotopic (exact) mass is 354 g/mol. The molecule has 0 fully saturated rings. The van der Waals surface area contributed by atoms with E-state index in [0.29, 0.717) is 34.1 Å². The summed E-state index contributed by atoms with van der Waals surface area (Å²) in [6.45, 7) is 1.96. The van der Waals surface area contributed by atoms with Crippen LogP contribution in [0.2, 0.25) is 0 Å². The van der Waals surface area contributed by atoms with Crippen LogP contribution in [0.4, 0.5) is 11.4 Å². The molecule has 2 aromatic carbocycles. The Balaban J connectivity index is 1.95. The zero-order chi connectivity index (χ0) is 18.8. The number of carbonyl (C=O) groups is 1. The average molecular weight is 354 g/mol. The van der Waals surface area contributed by atoms with Crippen LogP contribution in [0.15, 0.2) is 35.9 Å². The first-order chi connectivity index (χ1) is 12.4. The molecule has 1 heterocycles. The molecule has 6 heteroatoms. The molecular formula is C20H22N2O4. The molecule has 0 atom stereocenters. The van der Waals surface area contributed by atoms with Crippen molar-refractivity contribution in [1.29, 1.82) is 0 Å². The molecule has 0 amide bonds. The van der Waals surface area contributed by atoms with Crippen molar-refractivity contribution in [2.45, 2.75) is 6.92 Å². The minimum Gasteiger partial charge on any atom is -0.496 e. The van der Waals surface area contributed by atoms with E-state index in [0.717, 1.165) is 11.3 Å². The Kier molecular flexibility index (Phi) is 4.75. The molecule has 0 bridgehead atoms. The molecular weight excluding hydrogens is 332 g/mol. The van der Waals surface area contributed by atoms with Gasteiger partial charge in [0.1, 0.15) is 5.75 Å². The molecule has 0 unspecified atom stereocenters. The molecule has 3 rings (SSSR count). The second-order valence-corrected chi connectivity index (χ2v) is 6.27. The highest BCUT2D eigenvalue weighted by molar-refractivity contribution is 6.11. The van der Waals surface area contributed by atoms with E-state index in [1.807, 2.05) is 25.1 Å². The lowest BCUT2D eigenvalue weighted by atomic mass is 10.0. The van der Waals surface area contributed by atoms with Crippen LogP contribution in [0.5, 0.6) is 17.2 Å². The molecule has 0 aliphatic carbocycles. The van der Waals surface area contributed by atoms with Crippen molar-refractivity contribution in [3.63, 3.8) is 0 Å². The van der Waals surface area contributed by atoms with Gasteiger partial charge in [-0.2, -0.15) is 0 Å². The van der Waals surface area contributed by atoms with Gasteiger partial charge in [0, 0.05) is 31.3 Å². The molecule has 0 radical (unpaired) electrons. The van der Waals surface area contributed by atoms with Crippen molar-refractivity contribution < 1.29 is 19.0 Å². The number of ketones is 1. The summed E-state index contributed by atoms with van der Waals surface area (Å²) in [4.78, 5) is 14.7. The van der Waals surface area contributed by atoms with Gasteiger partial charge in [0.25, 0.3) is 0 Å². The number of fused-ring (bicyclic) bond motifs is 1. The Morgan fingerprint density at radius 1 is 1.19 bits per heavy atom. The standard InChI is InChI=1S/C20H22N2O4/c1-12(20(23)13-5-6-15(21)16(8-13)22(2)3)7-14-9-18-19(26-11-25-18)10-17(14)24-4/h5-10H,11,21H2,1-4H3/b12-7+. The number of rotatable bonds is 5. The quantitative estimate of drug-likeness (QED) is 0.504. The fraction of sp³-hybridized carbons (Fsp3) is 0.250. The molecule has 1 aliphatic rings. The molecule has 2 aromatic rings. The number of carbonyl (C=O) groups excluding carboxylic acids is 1. The van der Waals surface area contributed by atoms with Gasteiger partial charge in [-0.15, -0.1) is 0 Å². The van der Waals surface area contributed by atoms with E-state index >= 15 is 0 Å². The number of hydrogen-bond acceptors (Lipinski definition) is 6. The maximum absolute atomic E-state index is 12.8. The predicted octanol–water partition coefficient (Wildman–Crippen LogP) is 3.36. The van der Waals surface area contributed by atoms with Crippen LogP contribution in [0.1, 0.15) is 22.8 Å². The van der Waals surface area contributed by atoms with Crippen LogP contribution >= 0.6 is 0 Å². The Labute approximate surface area is 152 Å². The van der Waals surface area contributed by atoms with E-state index in [-0.39, 0.29) is 12.6 Å². The largest absolute Gasteiger partial charge is 0.496 e. The molecule has 2 N–H and O–H groups in total. The number of nitrogens with two attached hydrogens (primary N) is 1. The Morgan fingerprint density at radius 3 is 2.54 bits per heavy atom. The summed E-state index contributed by atoms with van der Waals surface area (Å²) in [5.74, 6) is 1.82. The molecule has 0 saturated carbocycles. The highest BCUT2D eigenvalue weighted by Crippen LogP contribution is 2.39. The Bertz CT molecular complexity index is 888. The van der Waals surface area contributed by atoms with Gasteiger partial charge in [0.15, 0.2) is 17.3 Å². The van der Waals surface area contributed by atoms with Gasteiger partial charge in [-0.25, -0.2) is 0 Å². The van der Waals surface area contributed by atoms with E-state index in [1.165, 1.54) is 0 Å². The number of nitrogen functional groups attached to an aromatic ring is 1. The van der Waals surface area contributed by atoms with Crippen LogP contribution < -0.4 is 24.8 Å². The lowest BCUT2D eigenvalue weighted by Gasteiger charge is -2.16. The second kappa shape index (κ2) is 7.00. The highest BCUT2D eigenvalue weighted by Gasteiger charge is 2.18. The molecule has 136 valence electrons. The van der Waals surface area contributed by atoms with Crippen molar-refractivity contribution >= 4 is 23.2 Å². The van der Waals surface area contributed by atoms with E-state index in [4.69, 9.17) is 19.9 Å². The number of benzene rings is 2. The minimum atomic E-state index is -0.0761. The number of nitrogens with zero attached hydrogens (tertiary/aromatic N) is 1. The fourth-order valence-corrected chi connectivity index (χ4v) is 2.83. The maximum atomic E-state index is 12.8. The molecule has 0 spiro atoms. The first-order valence-electron chi connectivity index (χ1n) is 8.18. The number of ether oxygens (including phenoxy) is 3. The molecule has 0 saturated heterocycles. The lowest BCUT2D eigenvalue weighted by molar-refractivity contribution is 0.103. The van der Waals surface area contributed by atoms with Gasteiger partial charge in [-0.1, -0.05) is 0 Å². The lowest BCUT2D eigenvalue weighted by Crippen LogP contribution is -2.12. The van der Waals surface area contributed by atoms with Gasteiger partial charge >= 0.3 is 0 Å². The fourth-order valence-electron chi connectivity index (χ4n) is 2.83. The third-order valence-corrected chi connectivity index (χ3v) is 4.23. The van der Waals surface area contributed by atoms with Crippen molar-refractivity contribution in [1.82, 2.24) is 0 Å². The summed E-state index contributed by atoms with van der Waals surface area (Å²) in [6.07, 6.45) is 1.79. The first-order valence-corrected chi connectivity index (χ1v) is 8.18. The molecule has 26 heavy (non-hydrogen) atoms. The zero-order valence-electron chi connectivity index (χ0n) is 15.3. The Morgan fingerprint density at radius 2 is 1.88 bits per heavy atom. The Hall–Kier alpha value is -3.15. The van der Waals surface area contributed by atoms with Gasteiger partial charge in [0.05, 0.1) is 18.5 Å². The van der Waals surface area contributed by atoms with E-state index in [2.05, 4.69) is 0 Å². The smallest absolute Gasteiger partial charge is 0.231 e. The zero-order valence-corrected chi connectivity index (χ0v) is 15.3. The van der Waals surface area contributed by atoms with Crippen molar-refractivity contribution in [3.8, 4) is 17.2 Å². The van der Waals surface area contributed by atoms with E-state index < -0.39 is 0 Å². The van der Waals surface area contributed by atoms with Crippen LogP contribution in [0, 0.1) is 0 Å².